The summed E-state index contributed by atoms with van der Waals surface area (Å²) >= 11 is 0. The first-order valence-electron chi connectivity index (χ1n) is 5.98. The van der Waals surface area contributed by atoms with Crippen molar-refractivity contribution in [2.24, 2.45) is 0 Å². The Bertz CT molecular complexity index is 600. The Hall–Kier alpha value is -2.16. The Morgan fingerprint density at radius 1 is 1.17 bits per heavy atom. The van der Waals surface area contributed by atoms with Crippen molar-refractivity contribution in [2.45, 2.75) is 12.8 Å². The number of allylic oxidation sites excluding steroid dienone is 6. The lowest BCUT2D eigenvalue weighted by molar-refractivity contribution is -0.138. The van der Waals surface area contributed by atoms with Crippen molar-refractivity contribution in [2.75, 3.05) is 7.05 Å². The molecule has 3 nitrogen and oxygen atoms in total. The molecule has 3 rings (SSSR count). The van der Waals surface area contributed by atoms with Crippen molar-refractivity contribution in [1.29, 1.82) is 0 Å². The first kappa shape index (κ1) is 11.0. The smallest absolute Gasteiger partial charge is 0.260 e. The van der Waals surface area contributed by atoms with Gasteiger partial charge in [-0.25, -0.2) is 0 Å². The number of rotatable bonds is 0. The van der Waals surface area contributed by atoms with Crippen molar-refractivity contribution in [1.82, 2.24) is 4.90 Å². The van der Waals surface area contributed by atoms with Gasteiger partial charge in [0.2, 0.25) is 0 Å². The maximum Gasteiger partial charge on any atom is 0.260 e. The summed E-state index contributed by atoms with van der Waals surface area (Å²) in [6.07, 6.45) is 13.1. The predicted molar refractivity (Wildman–Crippen MR) is 68.5 cm³/mol. The van der Waals surface area contributed by atoms with Gasteiger partial charge in [0.05, 0.1) is 0 Å². The zero-order chi connectivity index (χ0) is 12.7. The zero-order valence-corrected chi connectivity index (χ0v) is 10.1. The van der Waals surface area contributed by atoms with Crippen LogP contribution in [0.1, 0.15) is 12.8 Å². The van der Waals surface area contributed by atoms with Crippen LogP contribution in [0.4, 0.5) is 0 Å². The number of nitrogens with zero attached hydrogens (tertiary/aromatic N) is 1. The number of likely N-dealkylation sites (N-methyl/N-ethyl adjacent to an activating group) is 1. The van der Waals surface area contributed by atoms with Gasteiger partial charge in [-0.2, -0.15) is 0 Å². The molecule has 2 bridgehead atoms. The number of carbonyl (C=O) groups is 2. The topological polar surface area (TPSA) is 37.4 Å². The average Bonchev–Trinajstić information content (AvgIpc) is 2.56. The normalized spacial score (nSPS) is 27.1. The number of hydrogen-bond donors (Lipinski definition) is 0. The second-order valence-corrected chi connectivity index (χ2v) is 4.59. The molecule has 0 atom stereocenters. The number of carbonyl (C=O) groups excluding carboxylic acids is 2. The second-order valence-electron chi connectivity index (χ2n) is 4.59. The molecule has 0 spiro atoms. The van der Waals surface area contributed by atoms with Gasteiger partial charge < -0.3 is 0 Å². The summed E-state index contributed by atoms with van der Waals surface area (Å²) in [6, 6.07) is 0. The van der Waals surface area contributed by atoms with E-state index in [0.717, 1.165) is 17.6 Å². The van der Waals surface area contributed by atoms with Crippen LogP contribution in [0, 0.1) is 0 Å². The van der Waals surface area contributed by atoms with Gasteiger partial charge in [-0.1, -0.05) is 30.4 Å². The molecule has 18 heavy (non-hydrogen) atoms. The maximum atomic E-state index is 12.2. The van der Waals surface area contributed by atoms with Gasteiger partial charge in [-0.3, -0.25) is 14.5 Å². The Morgan fingerprint density at radius 2 is 2.00 bits per heavy atom. The quantitative estimate of drug-likeness (QED) is 0.607. The van der Waals surface area contributed by atoms with E-state index in [0.29, 0.717) is 17.6 Å². The van der Waals surface area contributed by atoms with Crippen molar-refractivity contribution in [3.8, 4) is 0 Å². The predicted octanol–water partition coefficient (Wildman–Crippen LogP) is 2.05. The van der Waals surface area contributed by atoms with Gasteiger partial charge in [0.25, 0.3) is 11.8 Å². The van der Waals surface area contributed by atoms with Crippen LogP contribution in [0.25, 0.3) is 0 Å². The molecule has 2 aliphatic carbocycles. The molecule has 3 heteroatoms. The Labute approximate surface area is 105 Å². The lowest BCUT2D eigenvalue weighted by Crippen LogP contribution is -2.40. The molecule has 0 saturated carbocycles. The highest BCUT2D eigenvalue weighted by Gasteiger charge is 2.33. The minimum absolute atomic E-state index is 0.191. The molecule has 0 unspecified atom stereocenters. The minimum atomic E-state index is -0.206. The number of amides is 2. The largest absolute Gasteiger partial charge is 0.278 e. The van der Waals surface area contributed by atoms with Crippen LogP contribution in [0.15, 0.2) is 58.7 Å². The van der Waals surface area contributed by atoms with Crippen molar-refractivity contribution < 1.29 is 9.59 Å². The van der Waals surface area contributed by atoms with Gasteiger partial charge in [-0.05, 0) is 30.1 Å². The summed E-state index contributed by atoms with van der Waals surface area (Å²) in [5, 5.41) is 0. The number of imide groups is 1. The summed E-state index contributed by atoms with van der Waals surface area (Å²) in [5.41, 5.74) is 3.32. The maximum absolute atomic E-state index is 12.2. The molecule has 0 aromatic rings. The van der Waals surface area contributed by atoms with Gasteiger partial charge in [-0.15, -0.1) is 0 Å². The minimum Gasteiger partial charge on any atom is -0.278 e. The summed E-state index contributed by atoms with van der Waals surface area (Å²) in [7, 11) is 1.54. The van der Waals surface area contributed by atoms with Crippen LogP contribution in [0.3, 0.4) is 0 Å². The highest BCUT2D eigenvalue weighted by molar-refractivity contribution is 6.17. The summed E-state index contributed by atoms with van der Waals surface area (Å²) in [5.74, 6) is -0.397. The van der Waals surface area contributed by atoms with E-state index in [2.05, 4.69) is 6.08 Å². The first-order valence-corrected chi connectivity index (χ1v) is 5.98. The van der Waals surface area contributed by atoms with E-state index in [1.807, 2.05) is 24.3 Å². The van der Waals surface area contributed by atoms with E-state index in [1.54, 1.807) is 6.08 Å². The highest BCUT2D eigenvalue weighted by atomic mass is 16.2. The molecule has 1 aliphatic heterocycles. The Kier molecular flexibility index (Phi) is 2.40. The Balaban J connectivity index is 2.26. The average molecular weight is 239 g/mol. The third-order valence-corrected chi connectivity index (χ3v) is 3.46. The van der Waals surface area contributed by atoms with Crippen molar-refractivity contribution in [3.63, 3.8) is 0 Å². The number of hydrogen-bond acceptors (Lipinski definition) is 2. The van der Waals surface area contributed by atoms with Gasteiger partial charge in [0, 0.05) is 18.2 Å². The van der Waals surface area contributed by atoms with Crippen molar-refractivity contribution in [3.05, 3.63) is 58.7 Å². The van der Waals surface area contributed by atoms with E-state index in [-0.39, 0.29) is 11.8 Å². The van der Waals surface area contributed by atoms with Gasteiger partial charge in [0.15, 0.2) is 0 Å². The fourth-order valence-corrected chi connectivity index (χ4v) is 2.48. The zero-order valence-electron chi connectivity index (χ0n) is 10.1. The molecule has 0 saturated heterocycles. The Morgan fingerprint density at radius 3 is 2.83 bits per heavy atom. The van der Waals surface area contributed by atoms with Crippen LogP contribution >= 0.6 is 0 Å². The molecule has 0 aromatic carbocycles. The van der Waals surface area contributed by atoms with Crippen LogP contribution in [-0.4, -0.2) is 23.8 Å². The molecular formula is C15H13NO2. The van der Waals surface area contributed by atoms with Crippen LogP contribution in [0.5, 0.6) is 0 Å². The molecule has 2 amide bonds. The molecule has 0 N–H and O–H groups in total. The van der Waals surface area contributed by atoms with E-state index in [9.17, 15) is 9.59 Å². The third kappa shape index (κ3) is 1.51. The molecule has 0 radical (unpaired) electrons. The second kappa shape index (κ2) is 3.95. The first-order chi connectivity index (χ1) is 8.68. The number of fused-ring (bicyclic) bond motifs is 1. The van der Waals surface area contributed by atoms with E-state index >= 15 is 0 Å². The van der Waals surface area contributed by atoms with E-state index in [1.165, 1.54) is 11.9 Å². The fourth-order valence-electron chi connectivity index (χ4n) is 2.48. The molecule has 90 valence electrons. The third-order valence-electron chi connectivity index (χ3n) is 3.46. The SMILES string of the molecule is CN1C(=O)C2=C3CC(=CC=C2)/C=C\C/C=C\3C1=O. The summed E-state index contributed by atoms with van der Waals surface area (Å²) in [6.45, 7) is 0. The van der Waals surface area contributed by atoms with Crippen LogP contribution in [-0.2, 0) is 9.59 Å². The molecule has 1 heterocycles. The molecule has 0 fully saturated rings. The monoisotopic (exact) mass is 239 g/mol. The van der Waals surface area contributed by atoms with E-state index in [4.69, 9.17) is 0 Å². The van der Waals surface area contributed by atoms with Gasteiger partial charge in [0.1, 0.15) is 0 Å². The lowest BCUT2D eigenvalue weighted by Gasteiger charge is -2.27. The van der Waals surface area contributed by atoms with Crippen LogP contribution in [0.2, 0.25) is 0 Å². The molecule has 0 aromatic heterocycles. The summed E-state index contributed by atoms with van der Waals surface area (Å²) in [4.78, 5) is 25.5. The molecular weight excluding hydrogens is 226 g/mol. The van der Waals surface area contributed by atoms with Gasteiger partial charge >= 0.3 is 0 Å². The van der Waals surface area contributed by atoms with Crippen LogP contribution < -0.4 is 0 Å². The van der Waals surface area contributed by atoms with Crippen molar-refractivity contribution >= 4 is 11.8 Å². The fraction of sp³-hybridized carbons (Fsp3) is 0.200. The molecule has 3 aliphatic rings. The highest BCUT2D eigenvalue weighted by Crippen LogP contribution is 2.33. The lowest BCUT2D eigenvalue weighted by atomic mass is 9.88. The standard InChI is InChI=1S/C15H13NO2/c1-16-14(17)11-7-3-2-5-10-6-4-8-12(15(16)18)13(11)9-10/h2,4-8H,3,9H2,1H3/b5-2-,11-7+. The van der Waals surface area contributed by atoms with E-state index < -0.39 is 0 Å². The summed E-state index contributed by atoms with van der Waals surface area (Å²) < 4.78 is 0.